The van der Waals surface area contributed by atoms with E-state index in [2.05, 4.69) is 5.32 Å². The van der Waals surface area contributed by atoms with Gasteiger partial charge in [0.15, 0.2) is 9.84 Å². The molecule has 150 valence electrons. The number of nitrogens with one attached hydrogen (secondary N) is 1. The number of methoxy groups -OCH3 is 1. The maximum Gasteiger partial charge on any atom is 0.337 e. The monoisotopic (exact) mass is 443 g/mol. The van der Waals surface area contributed by atoms with Crippen LogP contribution in [0, 0.1) is 6.92 Å². The number of hydrogen-bond donors (Lipinski definition) is 1. The summed E-state index contributed by atoms with van der Waals surface area (Å²) in [5.74, 6) is 0.0494. The molecule has 0 saturated carbocycles. The lowest BCUT2D eigenvalue weighted by Gasteiger charge is -2.14. The number of carbonyl (C=O) groups is 1. The Morgan fingerprint density at radius 3 is 2.68 bits per heavy atom. The molecule has 0 atom stereocenters. The van der Waals surface area contributed by atoms with Crippen molar-refractivity contribution in [3.8, 4) is 11.5 Å². The molecule has 1 aliphatic rings. The van der Waals surface area contributed by atoms with E-state index in [-0.39, 0.29) is 22.0 Å². The summed E-state index contributed by atoms with van der Waals surface area (Å²) in [4.78, 5) is 11.8. The molecule has 0 unspecified atom stereocenters. The van der Waals surface area contributed by atoms with Gasteiger partial charge in [-0.15, -0.1) is 11.6 Å². The van der Waals surface area contributed by atoms with Gasteiger partial charge in [0.1, 0.15) is 16.4 Å². The molecule has 28 heavy (non-hydrogen) atoms. The van der Waals surface area contributed by atoms with Gasteiger partial charge in [0.2, 0.25) is 0 Å². The molecule has 0 radical (unpaired) electrons. The van der Waals surface area contributed by atoms with Gasteiger partial charge in [-0.25, -0.2) is 13.2 Å². The zero-order chi connectivity index (χ0) is 20.5. The minimum absolute atomic E-state index is 0.0585. The molecule has 0 amide bonds. The second-order valence-corrected chi connectivity index (χ2v) is 9.13. The Labute approximate surface area is 173 Å². The predicted octanol–water partition coefficient (Wildman–Crippen LogP) is 4.56. The van der Waals surface area contributed by atoms with Crippen molar-refractivity contribution in [2.75, 3.05) is 24.9 Å². The van der Waals surface area contributed by atoms with Gasteiger partial charge in [-0.2, -0.15) is 0 Å². The number of carbonyl (C=O) groups excluding carboxylic acids is 1. The second-order valence-electron chi connectivity index (χ2n) is 6.39. The molecular weight excluding hydrogens is 425 g/mol. The molecule has 2 aromatic carbocycles. The zero-order valence-corrected chi connectivity index (χ0v) is 17.7. The fourth-order valence-corrected chi connectivity index (χ4v) is 4.98. The van der Waals surface area contributed by atoms with Crippen molar-refractivity contribution in [2.24, 2.45) is 0 Å². The predicted molar refractivity (Wildman–Crippen MR) is 109 cm³/mol. The number of fused-ring (bicyclic) bond motifs is 2. The van der Waals surface area contributed by atoms with Crippen molar-refractivity contribution < 1.29 is 22.7 Å². The van der Waals surface area contributed by atoms with Crippen LogP contribution in [0.1, 0.15) is 27.9 Å². The molecule has 3 rings (SSSR count). The molecule has 6 nitrogen and oxygen atoms in total. The Balaban J connectivity index is 2.10. The van der Waals surface area contributed by atoms with Crippen LogP contribution in [-0.4, -0.2) is 33.9 Å². The third-order valence-electron chi connectivity index (χ3n) is 4.31. The van der Waals surface area contributed by atoms with Gasteiger partial charge in [0.05, 0.1) is 23.4 Å². The average molecular weight is 444 g/mol. The number of alkyl halides is 1. The van der Waals surface area contributed by atoms with E-state index in [1.54, 1.807) is 19.1 Å². The topological polar surface area (TPSA) is 81.7 Å². The summed E-state index contributed by atoms with van der Waals surface area (Å²) >= 11 is 12.1. The molecule has 9 heteroatoms. The van der Waals surface area contributed by atoms with E-state index in [0.29, 0.717) is 40.0 Å². The van der Waals surface area contributed by atoms with E-state index in [9.17, 15) is 13.2 Å². The van der Waals surface area contributed by atoms with Crippen LogP contribution in [0.15, 0.2) is 29.2 Å². The molecule has 1 N–H and O–H groups in total. The first-order chi connectivity index (χ1) is 13.3. The van der Waals surface area contributed by atoms with Gasteiger partial charge in [-0.05, 0) is 43.2 Å². The van der Waals surface area contributed by atoms with Crippen molar-refractivity contribution in [3.63, 3.8) is 0 Å². The molecule has 0 aromatic heterocycles. The molecule has 0 aliphatic carbocycles. The largest absolute Gasteiger partial charge is 0.465 e. The van der Waals surface area contributed by atoms with Crippen LogP contribution in [0.4, 0.5) is 5.69 Å². The number of hydrogen-bond acceptors (Lipinski definition) is 6. The van der Waals surface area contributed by atoms with Crippen molar-refractivity contribution >= 4 is 44.7 Å². The highest BCUT2D eigenvalue weighted by Crippen LogP contribution is 2.44. The van der Waals surface area contributed by atoms with Crippen LogP contribution in [0.2, 0.25) is 5.02 Å². The number of ether oxygens (including phenoxy) is 2. The maximum atomic E-state index is 13.0. The van der Waals surface area contributed by atoms with Gasteiger partial charge in [0, 0.05) is 23.7 Å². The van der Waals surface area contributed by atoms with Crippen molar-refractivity contribution in [1.82, 2.24) is 0 Å². The quantitative estimate of drug-likeness (QED) is 0.414. The Morgan fingerprint density at radius 1 is 1.25 bits per heavy atom. The second kappa shape index (κ2) is 8.19. The van der Waals surface area contributed by atoms with Crippen LogP contribution in [0.3, 0.4) is 0 Å². The van der Waals surface area contributed by atoms with Gasteiger partial charge in [-0.3, -0.25) is 0 Å². The van der Waals surface area contributed by atoms with E-state index < -0.39 is 15.8 Å². The minimum Gasteiger partial charge on any atom is -0.465 e. The summed E-state index contributed by atoms with van der Waals surface area (Å²) < 4.78 is 36.7. The fraction of sp³-hybridized carbons (Fsp3) is 0.316. The molecule has 0 spiro atoms. The van der Waals surface area contributed by atoms with E-state index in [0.717, 1.165) is 6.42 Å². The van der Waals surface area contributed by atoms with Gasteiger partial charge < -0.3 is 14.8 Å². The molecular formula is C19H19Cl2NO5S. The van der Waals surface area contributed by atoms with E-state index in [1.165, 1.54) is 19.2 Å². The summed E-state index contributed by atoms with van der Waals surface area (Å²) in [7, 11) is -2.54. The highest BCUT2D eigenvalue weighted by Gasteiger charge is 2.31. The van der Waals surface area contributed by atoms with Crippen molar-refractivity contribution in [2.45, 2.75) is 24.0 Å². The first-order valence-electron chi connectivity index (χ1n) is 8.52. The van der Waals surface area contributed by atoms with Crippen LogP contribution >= 0.6 is 23.2 Å². The van der Waals surface area contributed by atoms with Crippen LogP contribution in [0.5, 0.6) is 11.5 Å². The number of aryl methyl sites for hydroxylation is 1. The number of benzene rings is 2. The molecule has 0 fully saturated rings. The maximum absolute atomic E-state index is 13.0. The van der Waals surface area contributed by atoms with E-state index >= 15 is 0 Å². The summed E-state index contributed by atoms with van der Waals surface area (Å²) in [5, 5.41) is 3.46. The third-order valence-corrected chi connectivity index (χ3v) is 6.52. The fourth-order valence-electron chi connectivity index (χ4n) is 3.00. The number of rotatable bonds is 5. The molecule has 1 heterocycles. The van der Waals surface area contributed by atoms with Crippen LogP contribution in [0.25, 0.3) is 0 Å². The third kappa shape index (κ3) is 4.06. The Morgan fingerprint density at radius 2 is 2.00 bits per heavy atom. The summed E-state index contributed by atoms with van der Waals surface area (Å²) in [6.45, 7) is 2.30. The first-order valence-corrected chi connectivity index (χ1v) is 11.1. The number of anilines is 1. The summed E-state index contributed by atoms with van der Waals surface area (Å²) in [6.07, 6.45) is 0.756. The number of sulfone groups is 1. The lowest BCUT2D eigenvalue weighted by Crippen LogP contribution is -2.08. The van der Waals surface area contributed by atoms with E-state index in [1.807, 2.05) is 0 Å². The normalized spacial score (nSPS) is 14.3. The summed E-state index contributed by atoms with van der Waals surface area (Å²) in [6, 6.07) is 6.20. The summed E-state index contributed by atoms with van der Waals surface area (Å²) in [5.41, 5.74) is 1.77. The Hall–Kier alpha value is -1.96. The van der Waals surface area contributed by atoms with E-state index in [4.69, 9.17) is 32.7 Å². The molecule has 0 saturated heterocycles. The Bertz CT molecular complexity index is 1040. The zero-order valence-electron chi connectivity index (χ0n) is 15.3. The lowest BCUT2D eigenvalue weighted by atomic mass is 10.1. The van der Waals surface area contributed by atoms with Crippen LogP contribution in [-0.2, 0) is 20.3 Å². The highest BCUT2D eigenvalue weighted by molar-refractivity contribution is 7.90. The molecule has 1 aliphatic heterocycles. The van der Waals surface area contributed by atoms with Gasteiger partial charge in [-0.1, -0.05) is 11.6 Å². The average Bonchev–Trinajstić information content (AvgIpc) is 2.75. The van der Waals surface area contributed by atoms with Crippen molar-refractivity contribution in [1.29, 1.82) is 0 Å². The Kier molecular flexibility index (Phi) is 6.07. The smallest absolute Gasteiger partial charge is 0.337 e. The van der Waals surface area contributed by atoms with Crippen LogP contribution < -0.4 is 10.1 Å². The SMILES string of the molecule is COC(=O)c1cc(C)c2c(c1)S(=O)(=O)Cc1cc(NCCCCl)cc(Cl)c1O2. The molecule has 2 aromatic rings. The molecule has 0 bridgehead atoms. The first kappa shape index (κ1) is 20.8. The minimum atomic E-state index is -3.78. The number of esters is 1. The highest BCUT2D eigenvalue weighted by atomic mass is 35.5. The standard InChI is InChI=1S/C19H19Cl2NO5S/c1-11-6-12(19(23)26-2)8-16-17(11)27-18-13(10-28(16,24)25)7-14(9-15(18)21)22-5-3-4-20/h6-9,22H,3-5,10H2,1-2H3. The van der Waals surface area contributed by atoms with Crippen molar-refractivity contribution in [3.05, 3.63) is 46.0 Å². The van der Waals surface area contributed by atoms with Gasteiger partial charge >= 0.3 is 5.97 Å². The number of halogens is 2. The van der Waals surface area contributed by atoms with Gasteiger partial charge in [0.25, 0.3) is 0 Å². The lowest BCUT2D eigenvalue weighted by molar-refractivity contribution is 0.0600.